The van der Waals surface area contributed by atoms with E-state index in [2.05, 4.69) is 6.58 Å². The molecule has 0 aliphatic carbocycles. The predicted octanol–water partition coefficient (Wildman–Crippen LogP) is 2.92. The molecule has 0 saturated heterocycles. The van der Waals surface area contributed by atoms with Crippen molar-refractivity contribution in [3.63, 3.8) is 0 Å². The molecule has 0 spiro atoms. The largest absolute Gasteiger partial charge is 0.508 e. The molecule has 15 heavy (non-hydrogen) atoms. The molecule has 0 fully saturated rings. The fraction of sp³-hybridized carbons (Fsp3) is 0.273. The number of aromatic hydroxyl groups is 1. The topological polar surface area (TPSA) is 46.2 Å². The van der Waals surface area contributed by atoms with Crippen LogP contribution < -0.4 is 5.73 Å². The summed E-state index contributed by atoms with van der Waals surface area (Å²) in [6, 6.07) is 3.68. The molecule has 0 bridgehead atoms. The van der Waals surface area contributed by atoms with E-state index in [0.29, 0.717) is 12.0 Å². The van der Waals surface area contributed by atoms with Gasteiger partial charge in [0.2, 0.25) is 0 Å². The molecule has 0 aliphatic rings. The van der Waals surface area contributed by atoms with Gasteiger partial charge in [-0.25, -0.2) is 4.39 Å². The maximum absolute atomic E-state index is 13.3. The van der Waals surface area contributed by atoms with Crippen LogP contribution in [0.1, 0.15) is 24.4 Å². The van der Waals surface area contributed by atoms with Gasteiger partial charge in [0, 0.05) is 17.7 Å². The molecular weight excluding hydrogens is 217 g/mol. The Kier molecular flexibility index (Phi) is 5.97. The van der Waals surface area contributed by atoms with E-state index in [-0.39, 0.29) is 24.2 Å². The van der Waals surface area contributed by atoms with E-state index in [0.717, 1.165) is 12.5 Å². The zero-order valence-electron chi connectivity index (χ0n) is 8.32. The Morgan fingerprint density at radius 3 is 2.73 bits per heavy atom. The van der Waals surface area contributed by atoms with Gasteiger partial charge in [-0.05, 0) is 18.9 Å². The summed E-state index contributed by atoms with van der Waals surface area (Å²) in [5, 5.41) is 9.00. The fourth-order valence-electron chi connectivity index (χ4n) is 1.27. The Morgan fingerprint density at radius 1 is 1.53 bits per heavy atom. The summed E-state index contributed by atoms with van der Waals surface area (Å²) in [6.45, 7) is 3.57. The highest BCUT2D eigenvalue weighted by atomic mass is 35.5. The Bertz CT molecular complexity index is 330. The van der Waals surface area contributed by atoms with Gasteiger partial charge in [-0.1, -0.05) is 12.1 Å². The zero-order valence-corrected chi connectivity index (χ0v) is 9.14. The van der Waals surface area contributed by atoms with Gasteiger partial charge < -0.3 is 10.8 Å². The number of allylic oxidation sites excluding steroid dienone is 1. The minimum atomic E-state index is -0.457. The standard InChI is InChI=1S/C11H14FNO.ClH/c1-2-3-4-11(13)9-6-5-8(14)7-10(9)12;/h2,5-7,11,14H,1,3-4,13H2;1H/t11-;/m0./s1. The SMILES string of the molecule is C=CCC[C@H](N)c1ccc(O)cc1F.Cl. The third-order valence-electron chi connectivity index (χ3n) is 2.07. The number of halogens is 2. The molecule has 0 saturated carbocycles. The first-order valence-corrected chi connectivity index (χ1v) is 4.50. The molecule has 1 aromatic carbocycles. The quantitative estimate of drug-likeness (QED) is 0.783. The van der Waals surface area contributed by atoms with Gasteiger partial charge in [-0.2, -0.15) is 0 Å². The van der Waals surface area contributed by atoms with Crippen molar-refractivity contribution in [3.05, 3.63) is 42.2 Å². The molecule has 0 unspecified atom stereocenters. The molecule has 84 valence electrons. The highest BCUT2D eigenvalue weighted by Gasteiger charge is 2.10. The number of phenolic OH excluding ortho intramolecular Hbond substituents is 1. The van der Waals surface area contributed by atoms with Gasteiger partial charge in [0.25, 0.3) is 0 Å². The average Bonchev–Trinajstić information content (AvgIpc) is 2.14. The van der Waals surface area contributed by atoms with Gasteiger partial charge in [0.05, 0.1) is 0 Å². The lowest BCUT2D eigenvalue weighted by atomic mass is 10.0. The molecule has 1 atom stereocenters. The van der Waals surface area contributed by atoms with Crippen molar-refractivity contribution in [2.45, 2.75) is 18.9 Å². The summed E-state index contributed by atoms with van der Waals surface area (Å²) >= 11 is 0. The molecule has 0 aromatic heterocycles. The Hall–Kier alpha value is -1.06. The molecule has 3 N–H and O–H groups in total. The first kappa shape index (κ1) is 13.9. The molecule has 2 nitrogen and oxygen atoms in total. The van der Waals surface area contributed by atoms with Gasteiger partial charge in [-0.15, -0.1) is 19.0 Å². The second-order valence-corrected chi connectivity index (χ2v) is 3.18. The van der Waals surface area contributed by atoms with Gasteiger partial charge in [0.15, 0.2) is 0 Å². The number of nitrogens with two attached hydrogens (primary N) is 1. The maximum Gasteiger partial charge on any atom is 0.131 e. The molecular formula is C11H15ClFNO. The van der Waals surface area contributed by atoms with Crippen molar-refractivity contribution in [2.24, 2.45) is 5.73 Å². The third-order valence-corrected chi connectivity index (χ3v) is 2.07. The van der Waals surface area contributed by atoms with Crippen molar-refractivity contribution < 1.29 is 9.50 Å². The summed E-state index contributed by atoms with van der Waals surface area (Å²) in [5.41, 5.74) is 6.20. The second-order valence-electron chi connectivity index (χ2n) is 3.18. The average molecular weight is 232 g/mol. The maximum atomic E-state index is 13.3. The van der Waals surface area contributed by atoms with Crippen LogP contribution in [-0.4, -0.2) is 5.11 Å². The Morgan fingerprint density at radius 2 is 2.20 bits per heavy atom. The van der Waals surface area contributed by atoms with E-state index in [1.165, 1.54) is 12.1 Å². The lowest BCUT2D eigenvalue weighted by molar-refractivity contribution is 0.465. The number of phenols is 1. The van der Waals surface area contributed by atoms with E-state index in [1.807, 2.05) is 0 Å². The van der Waals surface area contributed by atoms with Crippen LogP contribution in [0.15, 0.2) is 30.9 Å². The van der Waals surface area contributed by atoms with Crippen LogP contribution >= 0.6 is 12.4 Å². The first-order chi connectivity index (χ1) is 6.65. The molecule has 0 aliphatic heterocycles. The number of rotatable bonds is 4. The van der Waals surface area contributed by atoms with Crippen LogP contribution in [0.2, 0.25) is 0 Å². The smallest absolute Gasteiger partial charge is 0.131 e. The van der Waals surface area contributed by atoms with Crippen LogP contribution in [0.3, 0.4) is 0 Å². The van der Waals surface area contributed by atoms with Crippen molar-refractivity contribution in [2.75, 3.05) is 0 Å². The van der Waals surface area contributed by atoms with Crippen molar-refractivity contribution >= 4 is 12.4 Å². The lowest BCUT2D eigenvalue weighted by Crippen LogP contribution is -2.11. The van der Waals surface area contributed by atoms with Crippen LogP contribution in [-0.2, 0) is 0 Å². The van der Waals surface area contributed by atoms with Gasteiger partial charge >= 0.3 is 0 Å². The van der Waals surface area contributed by atoms with Gasteiger partial charge in [0.1, 0.15) is 11.6 Å². The highest BCUT2D eigenvalue weighted by Crippen LogP contribution is 2.22. The van der Waals surface area contributed by atoms with E-state index in [1.54, 1.807) is 6.08 Å². The van der Waals surface area contributed by atoms with E-state index >= 15 is 0 Å². The van der Waals surface area contributed by atoms with E-state index < -0.39 is 5.82 Å². The van der Waals surface area contributed by atoms with Crippen molar-refractivity contribution in [3.8, 4) is 5.75 Å². The number of benzene rings is 1. The molecule has 0 amide bonds. The summed E-state index contributed by atoms with van der Waals surface area (Å²) in [7, 11) is 0. The van der Waals surface area contributed by atoms with Crippen LogP contribution in [0.5, 0.6) is 5.75 Å². The summed E-state index contributed by atoms with van der Waals surface area (Å²) in [6.07, 6.45) is 3.16. The minimum absolute atomic E-state index is 0. The monoisotopic (exact) mass is 231 g/mol. The first-order valence-electron chi connectivity index (χ1n) is 4.50. The lowest BCUT2D eigenvalue weighted by Gasteiger charge is -2.11. The van der Waals surface area contributed by atoms with Crippen molar-refractivity contribution in [1.29, 1.82) is 0 Å². The summed E-state index contributed by atoms with van der Waals surface area (Å²) in [5.74, 6) is -0.538. The summed E-state index contributed by atoms with van der Waals surface area (Å²) < 4.78 is 13.3. The van der Waals surface area contributed by atoms with E-state index in [4.69, 9.17) is 10.8 Å². The Labute approximate surface area is 95.0 Å². The van der Waals surface area contributed by atoms with Gasteiger partial charge in [-0.3, -0.25) is 0 Å². The van der Waals surface area contributed by atoms with E-state index in [9.17, 15) is 4.39 Å². The number of hydrogen-bond acceptors (Lipinski definition) is 2. The normalized spacial score (nSPS) is 11.6. The van der Waals surface area contributed by atoms with Crippen molar-refractivity contribution in [1.82, 2.24) is 0 Å². The Balaban J connectivity index is 0.00000196. The molecule has 4 heteroatoms. The molecule has 0 radical (unpaired) electrons. The summed E-state index contributed by atoms with van der Waals surface area (Å²) in [4.78, 5) is 0. The minimum Gasteiger partial charge on any atom is -0.508 e. The second kappa shape index (κ2) is 6.43. The fourth-order valence-corrected chi connectivity index (χ4v) is 1.27. The van der Waals surface area contributed by atoms with Crippen LogP contribution in [0.4, 0.5) is 4.39 Å². The third kappa shape index (κ3) is 3.90. The molecule has 1 rings (SSSR count). The van der Waals surface area contributed by atoms with Crippen LogP contribution in [0.25, 0.3) is 0 Å². The predicted molar refractivity (Wildman–Crippen MR) is 61.7 cm³/mol. The van der Waals surface area contributed by atoms with Crippen LogP contribution in [0, 0.1) is 5.82 Å². The number of hydrogen-bond donors (Lipinski definition) is 2. The molecule has 0 heterocycles. The molecule has 1 aromatic rings. The zero-order chi connectivity index (χ0) is 10.6. The highest BCUT2D eigenvalue weighted by molar-refractivity contribution is 5.85.